The van der Waals surface area contributed by atoms with Crippen LogP contribution in [0.3, 0.4) is 0 Å². The molecule has 0 aliphatic heterocycles. The van der Waals surface area contributed by atoms with E-state index in [-0.39, 0.29) is 10.8 Å². The van der Waals surface area contributed by atoms with Crippen LogP contribution in [0.4, 0.5) is 5.69 Å². The lowest BCUT2D eigenvalue weighted by atomic mass is 9.84. The van der Waals surface area contributed by atoms with E-state index in [1.54, 1.807) is 6.92 Å². The summed E-state index contributed by atoms with van der Waals surface area (Å²) in [4.78, 5) is 12.6. The third-order valence-corrected chi connectivity index (χ3v) is 6.36. The van der Waals surface area contributed by atoms with Gasteiger partial charge in [-0.25, -0.2) is 13.6 Å². The standard InChI is InChI=1S/C21H26N2O3S/c1-14-12-19(27(22,25)26)13-20(15(14)2)23-21(24)18-10-8-17(9-11-18)16-6-4-3-5-7-16/h8-13,16H,3-7H2,1-2H3,(H,23,24)(H2,22,25,26). The zero-order valence-corrected chi connectivity index (χ0v) is 16.6. The Hall–Kier alpha value is -2.18. The summed E-state index contributed by atoms with van der Waals surface area (Å²) < 4.78 is 23.3. The monoisotopic (exact) mass is 386 g/mol. The number of rotatable bonds is 4. The topological polar surface area (TPSA) is 89.3 Å². The molecule has 1 saturated carbocycles. The van der Waals surface area contributed by atoms with Crippen LogP contribution in [0.15, 0.2) is 41.3 Å². The fourth-order valence-corrected chi connectivity index (χ4v) is 4.28. The number of benzene rings is 2. The van der Waals surface area contributed by atoms with Crippen molar-refractivity contribution in [1.29, 1.82) is 0 Å². The average Bonchev–Trinajstić information content (AvgIpc) is 2.65. The summed E-state index contributed by atoms with van der Waals surface area (Å²) in [5.74, 6) is 0.325. The van der Waals surface area contributed by atoms with Crippen molar-refractivity contribution in [2.45, 2.75) is 56.8 Å². The number of hydrogen-bond donors (Lipinski definition) is 2. The molecule has 1 aliphatic carbocycles. The molecule has 0 radical (unpaired) electrons. The van der Waals surface area contributed by atoms with Crippen molar-refractivity contribution >= 4 is 21.6 Å². The molecule has 0 aromatic heterocycles. The van der Waals surface area contributed by atoms with Gasteiger partial charge in [0, 0.05) is 11.3 Å². The minimum Gasteiger partial charge on any atom is -0.322 e. The van der Waals surface area contributed by atoms with Gasteiger partial charge in [-0.2, -0.15) is 0 Å². The van der Waals surface area contributed by atoms with Crippen molar-refractivity contribution in [1.82, 2.24) is 0 Å². The highest BCUT2D eigenvalue weighted by Crippen LogP contribution is 2.32. The Morgan fingerprint density at radius 1 is 1.04 bits per heavy atom. The summed E-state index contributed by atoms with van der Waals surface area (Å²) in [6, 6.07) is 10.7. The van der Waals surface area contributed by atoms with Gasteiger partial charge in [0.1, 0.15) is 0 Å². The third-order valence-electron chi connectivity index (χ3n) is 5.47. The summed E-state index contributed by atoms with van der Waals surface area (Å²) in [7, 11) is -3.83. The first-order chi connectivity index (χ1) is 12.8. The minimum atomic E-state index is -3.83. The maximum absolute atomic E-state index is 12.6. The Balaban J connectivity index is 1.80. The number of sulfonamides is 1. The van der Waals surface area contributed by atoms with Crippen molar-refractivity contribution in [2.75, 3.05) is 5.32 Å². The van der Waals surface area contributed by atoms with Crippen LogP contribution in [0.2, 0.25) is 0 Å². The van der Waals surface area contributed by atoms with E-state index in [1.807, 2.05) is 31.2 Å². The number of hydrogen-bond acceptors (Lipinski definition) is 3. The summed E-state index contributed by atoms with van der Waals surface area (Å²) in [5, 5.41) is 8.05. The normalized spacial score (nSPS) is 15.5. The average molecular weight is 387 g/mol. The summed E-state index contributed by atoms with van der Waals surface area (Å²) >= 11 is 0. The lowest BCUT2D eigenvalue weighted by Crippen LogP contribution is -2.16. The third kappa shape index (κ3) is 4.57. The SMILES string of the molecule is Cc1cc(S(N)(=O)=O)cc(NC(=O)c2ccc(C3CCCCC3)cc2)c1C. The molecule has 27 heavy (non-hydrogen) atoms. The highest BCUT2D eigenvalue weighted by Gasteiger charge is 2.17. The molecular formula is C21H26N2O3S. The maximum atomic E-state index is 12.6. The lowest BCUT2D eigenvalue weighted by molar-refractivity contribution is 0.102. The molecule has 3 rings (SSSR count). The van der Waals surface area contributed by atoms with Gasteiger partial charge in [0.05, 0.1) is 4.90 Å². The molecule has 0 atom stereocenters. The molecule has 0 spiro atoms. The van der Waals surface area contributed by atoms with Crippen molar-refractivity contribution < 1.29 is 13.2 Å². The fourth-order valence-electron chi connectivity index (χ4n) is 3.66. The predicted octanol–water partition coefficient (Wildman–Crippen LogP) is 4.25. The lowest BCUT2D eigenvalue weighted by Gasteiger charge is -2.22. The number of anilines is 1. The van der Waals surface area contributed by atoms with Crippen LogP contribution in [0.25, 0.3) is 0 Å². The van der Waals surface area contributed by atoms with Crippen molar-refractivity contribution in [2.24, 2.45) is 5.14 Å². The number of nitrogens with two attached hydrogens (primary N) is 1. The first-order valence-corrected chi connectivity index (χ1v) is 10.9. The zero-order valence-electron chi connectivity index (χ0n) is 15.8. The summed E-state index contributed by atoms with van der Waals surface area (Å²) in [5.41, 5.74) is 3.86. The molecule has 1 aliphatic rings. The second-order valence-corrected chi connectivity index (χ2v) is 8.93. The van der Waals surface area contributed by atoms with Gasteiger partial charge in [-0.3, -0.25) is 4.79 Å². The number of aryl methyl sites for hydroxylation is 1. The van der Waals surface area contributed by atoms with E-state index in [1.165, 1.54) is 49.8 Å². The number of primary sulfonamides is 1. The van der Waals surface area contributed by atoms with Crippen LogP contribution in [0.1, 0.15) is 65.1 Å². The number of carbonyl (C=O) groups is 1. The Bertz CT molecular complexity index is 944. The molecule has 1 amide bonds. The molecule has 0 unspecified atom stereocenters. The van der Waals surface area contributed by atoms with Gasteiger partial charge in [0.15, 0.2) is 0 Å². The van der Waals surface area contributed by atoms with E-state index >= 15 is 0 Å². The van der Waals surface area contributed by atoms with E-state index < -0.39 is 10.0 Å². The van der Waals surface area contributed by atoms with E-state index in [0.29, 0.717) is 17.2 Å². The summed E-state index contributed by atoms with van der Waals surface area (Å²) in [6.45, 7) is 3.63. The number of amides is 1. The van der Waals surface area contributed by atoms with Crippen molar-refractivity contribution in [3.63, 3.8) is 0 Å². The largest absolute Gasteiger partial charge is 0.322 e. The van der Waals surface area contributed by atoms with E-state index in [2.05, 4.69) is 5.32 Å². The van der Waals surface area contributed by atoms with Gasteiger partial charge >= 0.3 is 0 Å². The highest BCUT2D eigenvalue weighted by atomic mass is 32.2. The van der Waals surface area contributed by atoms with E-state index in [9.17, 15) is 13.2 Å². The fraction of sp³-hybridized carbons (Fsp3) is 0.381. The van der Waals surface area contributed by atoms with Gasteiger partial charge in [0.25, 0.3) is 5.91 Å². The molecule has 3 N–H and O–H groups in total. The van der Waals surface area contributed by atoms with Gasteiger partial charge in [-0.05, 0) is 73.6 Å². The molecule has 5 nitrogen and oxygen atoms in total. The van der Waals surface area contributed by atoms with Crippen LogP contribution >= 0.6 is 0 Å². The predicted molar refractivity (Wildman–Crippen MR) is 108 cm³/mol. The van der Waals surface area contributed by atoms with Gasteiger partial charge in [0.2, 0.25) is 10.0 Å². The maximum Gasteiger partial charge on any atom is 0.255 e. The van der Waals surface area contributed by atoms with Crippen LogP contribution in [-0.4, -0.2) is 14.3 Å². The molecule has 0 heterocycles. The second-order valence-electron chi connectivity index (χ2n) is 7.37. The Morgan fingerprint density at radius 3 is 2.26 bits per heavy atom. The van der Waals surface area contributed by atoms with Gasteiger partial charge in [-0.15, -0.1) is 0 Å². The van der Waals surface area contributed by atoms with Crippen molar-refractivity contribution in [3.05, 3.63) is 58.7 Å². The Kier molecular flexibility index (Phi) is 5.67. The highest BCUT2D eigenvalue weighted by molar-refractivity contribution is 7.89. The quantitative estimate of drug-likeness (QED) is 0.823. The number of carbonyl (C=O) groups excluding carboxylic acids is 1. The molecule has 0 saturated heterocycles. The summed E-state index contributed by atoms with van der Waals surface area (Å²) in [6.07, 6.45) is 6.28. The molecule has 144 valence electrons. The van der Waals surface area contributed by atoms with Crippen LogP contribution in [0, 0.1) is 13.8 Å². The van der Waals surface area contributed by atoms with Gasteiger partial charge < -0.3 is 5.32 Å². The molecule has 0 bridgehead atoms. The van der Waals surface area contributed by atoms with Crippen LogP contribution < -0.4 is 10.5 Å². The van der Waals surface area contributed by atoms with E-state index in [4.69, 9.17) is 5.14 Å². The first kappa shape index (κ1) is 19.6. The van der Waals surface area contributed by atoms with Gasteiger partial charge in [-0.1, -0.05) is 31.4 Å². The molecule has 2 aromatic carbocycles. The molecule has 6 heteroatoms. The zero-order chi connectivity index (χ0) is 19.6. The Labute approximate surface area is 161 Å². The van der Waals surface area contributed by atoms with E-state index in [0.717, 1.165) is 11.1 Å². The van der Waals surface area contributed by atoms with Crippen molar-refractivity contribution in [3.8, 4) is 0 Å². The first-order valence-electron chi connectivity index (χ1n) is 9.31. The van der Waals surface area contributed by atoms with Crippen LogP contribution in [-0.2, 0) is 10.0 Å². The molecule has 1 fully saturated rings. The second kappa shape index (κ2) is 7.82. The Morgan fingerprint density at radius 2 is 1.67 bits per heavy atom. The van der Waals surface area contributed by atoms with Crippen LogP contribution in [0.5, 0.6) is 0 Å². The molecule has 2 aromatic rings. The number of nitrogens with one attached hydrogen (secondary N) is 1. The minimum absolute atomic E-state index is 0.00598. The molecular weight excluding hydrogens is 360 g/mol. The smallest absolute Gasteiger partial charge is 0.255 e.